The second-order valence-corrected chi connectivity index (χ2v) is 4.29. The number of aromatic nitrogens is 3. The van der Waals surface area contributed by atoms with Gasteiger partial charge in [0.05, 0.1) is 0 Å². The van der Waals surface area contributed by atoms with E-state index in [-0.39, 0.29) is 6.61 Å². The third-order valence-corrected chi connectivity index (χ3v) is 2.89. The normalized spacial score (nSPS) is 10.6. The summed E-state index contributed by atoms with van der Waals surface area (Å²) in [6.07, 6.45) is 0. The van der Waals surface area contributed by atoms with Gasteiger partial charge in [-0.1, -0.05) is 29.1 Å². The first-order valence-corrected chi connectivity index (χ1v) is 6.06. The number of amides is 1. The van der Waals surface area contributed by atoms with Crippen LogP contribution in [0.1, 0.15) is 15.9 Å². The molecule has 0 radical (unpaired) electrons. The number of hydrogen-bond acceptors (Lipinski definition) is 4. The first-order chi connectivity index (χ1) is 9.74. The Balaban J connectivity index is 1.79. The van der Waals surface area contributed by atoms with Gasteiger partial charge in [0.25, 0.3) is 0 Å². The molecule has 0 bridgehead atoms. The quantitative estimate of drug-likeness (QED) is 0.769. The number of hydrogen-bond donors (Lipinski definition) is 1. The largest absolute Gasteiger partial charge is 0.390 e. The lowest BCUT2D eigenvalue weighted by molar-refractivity contribution is 0.0751. The highest BCUT2D eigenvalue weighted by molar-refractivity contribution is 5.92. The molecule has 0 fully saturated rings. The first-order valence-electron chi connectivity index (χ1n) is 6.06. The lowest BCUT2D eigenvalue weighted by Crippen LogP contribution is -2.14. The van der Waals surface area contributed by atoms with Crippen LogP contribution in [-0.4, -0.2) is 21.1 Å². The van der Waals surface area contributed by atoms with Crippen LogP contribution in [0.15, 0.2) is 48.5 Å². The fourth-order valence-electron chi connectivity index (χ4n) is 1.89. The van der Waals surface area contributed by atoms with E-state index >= 15 is 0 Å². The highest BCUT2D eigenvalue weighted by Gasteiger charge is 2.05. The van der Waals surface area contributed by atoms with E-state index in [1.54, 1.807) is 18.2 Å². The lowest BCUT2D eigenvalue weighted by atomic mass is 10.1. The summed E-state index contributed by atoms with van der Waals surface area (Å²) in [6, 6.07) is 14.5. The molecule has 20 heavy (non-hydrogen) atoms. The summed E-state index contributed by atoms with van der Waals surface area (Å²) in [5, 5.41) is 7.91. The lowest BCUT2D eigenvalue weighted by Gasteiger charge is -2.06. The van der Waals surface area contributed by atoms with Crippen LogP contribution in [0.4, 0.5) is 0 Å². The summed E-state index contributed by atoms with van der Waals surface area (Å²) in [5.74, 6) is -0.460. The van der Waals surface area contributed by atoms with Gasteiger partial charge in [-0.25, -0.2) is 0 Å². The van der Waals surface area contributed by atoms with Crippen molar-refractivity contribution in [1.29, 1.82) is 0 Å². The van der Waals surface area contributed by atoms with Crippen LogP contribution >= 0.6 is 0 Å². The molecule has 3 aromatic rings. The highest BCUT2D eigenvalue weighted by atomic mass is 16.7. The van der Waals surface area contributed by atoms with Gasteiger partial charge in [-0.2, -0.15) is 0 Å². The smallest absolute Gasteiger partial charge is 0.248 e. The van der Waals surface area contributed by atoms with Crippen molar-refractivity contribution in [1.82, 2.24) is 15.2 Å². The number of fused-ring (bicyclic) bond motifs is 1. The molecular weight excluding hydrogens is 256 g/mol. The number of primary amides is 1. The average molecular weight is 268 g/mol. The van der Waals surface area contributed by atoms with Crippen molar-refractivity contribution in [3.63, 3.8) is 0 Å². The zero-order valence-corrected chi connectivity index (χ0v) is 10.6. The molecule has 0 unspecified atom stereocenters. The molecule has 0 saturated heterocycles. The van der Waals surface area contributed by atoms with Gasteiger partial charge in [-0.15, -0.1) is 5.10 Å². The molecule has 1 amide bonds. The standard InChI is InChI=1S/C14H12N4O2/c15-14(19)11-5-3-4-10(8-11)9-20-18-13-7-2-1-6-12(13)16-17-18/h1-8H,9H2,(H2,15,19). The molecule has 100 valence electrons. The Hall–Kier alpha value is -2.89. The number of nitrogens with zero attached hydrogens (tertiary/aromatic N) is 3. The van der Waals surface area contributed by atoms with Crippen LogP contribution in [0.25, 0.3) is 11.0 Å². The summed E-state index contributed by atoms with van der Waals surface area (Å²) in [6.45, 7) is 0.272. The molecule has 2 aromatic carbocycles. The van der Waals surface area contributed by atoms with Crippen molar-refractivity contribution in [3.05, 3.63) is 59.7 Å². The summed E-state index contributed by atoms with van der Waals surface area (Å²) < 4.78 is 0. The second kappa shape index (κ2) is 5.00. The van der Waals surface area contributed by atoms with Gasteiger partial charge in [-0.05, 0) is 35.0 Å². The van der Waals surface area contributed by atoms with Gasteiger partial charge in [0.15, 0.2) is 0 Å². The third kappa shape index (κ3) is 2.31. The monoisotopic (exact) mass is 268 g/mol. The molecule has 0 aliphatic heterocycles. The summed E-state index contributed by atoms with van der Waals surface area (Å²) in [5.41, 5.74) is 8.08. The summed E-state index contributed by atoms with van der Waals surface area (Å²) in [7, 11) is 0. The van der Waals surface area contributed by atoms with Crippen LogP contribution in [0, 0.1) is 0 Å². The number of rotatable bonds is 4. The van der Waals surface area contributed by atoms with Gasteiger partial charge < -0.3 is 10.6 Å². The zero-order valence-electron chi connectivity index (χ0n) is 10.6. The fourth-order valence-corrected chi connectivity index (χ4v) is 1.89. The van der Waals surface area contributed by atoms with Crippen LogP contribution in [-0.2, 0) is 6.61 Å². The highest BCUT2D eigenvalue weighted by Crippen LogP contribution is 2.10. The van der Waals surface area contributed by atoms with E-state index < -0.39 is 5.91 Å². The van der Waals surface area contributed by atoms with Crippen molar-refractivity contribution >= 4 is 16.9 Å². The molecule has 1 heterocycles. The van der Waals surface area contributed by atoms with Crippen molar-refractivity contribution in [2.45, 2.75) is 6.61 Å². The molecule has 0 spiro atoms. The van der Waals surface area contributed by atoms with Crippen LogP contribution < -0.4 is 10.6 Å². The maximum atomic E-state index is 11.1. The van der Waals surface area contributed by atoms with E-state index in [9.17, 15) is 4.79 Å². The maximum absolute atomic E-state index is 11.1. The minimum atomic E-state index is -0.460. The molecule has 3 rings (SSSR count). The number of benzene rings is 2. The Morgan fingerprint density at radius 3 is 2.90 bits per heavy atom. The maximum Gasteiger partial charge on any atom is 0.248 e. The van der Waals surface area contributed by atoms with Gasteiger partial charge in [0.1, 0.15) is 17.6 Å². The molecule has 1 aromatic heterocycles. The van der Waals surface area contributed by atoms with E-state index in [0.29, 0.717) is 5.56 Å². The van der Waals surface area contributed by atoms with E-state index in [2.05, 4.69) is 10.3 Å². The molecule has 6 nitrogen and oxygen atoms in total. The molecule has 0 aliphatic carbocycles. The number of nitrogens with two attached hydrogens (primary N) is 1. The third-order valence-electron chi connectivity index (χ3n) is 2.89. The van der Waals surface area contributed by atoms with Crippen molar-refractivity contribution < 1.29 is 9.63 Å². The van der Waals surface area contributed by atoms with E-state index in [0.717, 1.165) is 16.6 Å². The van der Waals surface area contributed by atoms with E-state index in [1.807, 2.05) is 30.3 Å². The van der Waals surface area contributed by atoms with Crippen LogP contribution in [0.5, 0.6) is 0 Å². The van der Waals surface area contributed by atoms with Crippen molar-refractivity contribution in [3.8, 4) is 0 Å². The topological polar surface area (TPSA) is 83.0 Å². The Morgan fingerprint density at radius 1 is 1.20 bits per heavy atom. The summed E-state index contributed by atoms with van der Waals surface area (Å²) in [4.78, 5) is 18.1. The Bertz CT molecular complexity index is 766. The minimum Gasteiger partial charge on any atom is -0.390 e. The number of carbonyl (C=O) groups excluding carboxylic acids is 1. The molecule has 6 heteroatoms. The van der Waals surface area contributed by atoms with Crippen molar-refractivity contribution in [2.24, 2.45) is 5.73 Å². The van der Waals surface area contributed by atoms with E-state index in [4.69, 9.17) is 10.6 Å². The summed E-state index contributed by atoms with van der Waals surface area (Å²) >= 11 is 0. The van der Waals surface area contributed by atoms with E-state index in [1.165, 1.54) is 4.85 Å². The SMILES string of the molecule is NC(=O)c1cccc(COn2nnc3ccccc32)c1. The Morgan fingerprint density at radius 2 is 2.05 bits per heavy atom. The Kier molecular flexibility index (Phi) is 3.04. The molecule has 0 saturated carbocycles. The average Bonchev–Trinajstić information content (AvgIpc) is 2.89. The molecule has 0 atom stereocenters. The minimum absolute atomic E-state index is 0.272. The molecule has 0 aliphatic rings. The van der Waals surface area contributed by atoms with Crippen LogP contribution in [0.3, 0.4) is 0 Å². The second-order valence-electron chi connectivity index (χ2n) is 4.29. The predicted molar refractivity (Wildman–Crippen MR) is 72.8 cm³/mol. The predicted octanol–water partition coefficient (Wildman–Crippen LogP) is 1.16. The number of carbonyl (C=O) groups is 1. The van der Waals surface area contributed by atoms with Crippen molar-refractivity contribution in [2.75, 3.05) is 0 Å². The molecular formula is C14H12N4O2. The van der Waals surface area contributed by atoms with Gasteiger partial charge in [0.2, 0.25) is 5.91 Å². The van der Waals surface area contributed by atoms with Gasteiger partial charge in [-0.3, -0.25) is 4.79 Å². The Labute approximate surface area is 114 Å². The fraction of sp³-hybridized carbons (Fsp3) is 0.0714. The number of para-hydroxylation sites is 1. The van der Waals surface area contributed by atoms with Crippen LogP contribution in [0.2, 0.25) is 0 Å². The molecule has 2 N–H and O–H groups in total. The van der Waals surface area contributed by atoms with Gasteiger partial charge >= 0.3 is 0 Å². The zero-order chi connectivity index (χ0) is 13.9. The first kappa shape index (κ1) is 12.2. The van der Waals surface area contributed by atoms with Gasteiger partial charge in [0, 0.05) is 5.56 Å².